The third kappa shape index (κ3) is 1.93. The summed E-state index contributed by atoms with van der Waals surface area (Å²) in [5, 5.41) is 3.07. The Balaban J connectivity index is 2.18. The third-order valence-electron chi connectivity index (χ3n) is 1.47. The third-order valence-corrected chi connectivity index (χ3v) is 1.47. The molecule has 0 amide bonds. The van der Waals surface area contributed by atoms with Gasteiger partial charge in [0.05, 0.1) is 19.3 Å². The van der Waals surface area contributed by atoms with Gasteiger partial charge in [0.2, 0.25) is 0 Å². The largest absolute Gasteiger partial charge is 0.351 e. The predicted molar refractivity (Wildman–Crippen MR) is 34.2 cm³/mol. The molecule has 0 spiro atoms. The molecular weight excluding hydrogens is 118 g/mol. The van der Waals surface area contributed by atoms with Gasteiger partial charge < -0.3 is 14.8 Å². The molecule has 0 bridgehead atoms. The average molecular weight is 131 g/mol. The maximum absolute atomic E-state index is 5.20. The van der Waals surface area contributed by atoms with Crippen LogP contribution < -0.4 is 5.32 Å². The SMILES string of the molecule is CNC1COC(C)OC1. The fraction of sp³-hybridized carbons (Fsp3) is 1.00. The molecule has 1 saturated heterocycles. The van der Waals surface area contributed by atoms with Crippen molar-refractivity contribution < 1.29 is 9.47 Å². The van der Waals surface area contributed by atoms with Crippen LogP contribution in [-0.4, -0.2) is 32.6 Å². The van der Waals surface area contributed by atoms with Crippen molar-refractivity contribution in [3.63, 3.8) is 0 Å². The Hall–Kier alpha value is -0.120. The fourth-order valence-corrected chi connectivity index (χ4v) is 0.766. The zero-order chi connectivity index (χ0) is 6.69. The Bertz CT molecular complexity index is 79.1. The average Bonchev–Trinajstić information content (AvgIpc) is 1.90. The highest BCUT2D eigenvalue weighted by Gasteiger charge is 2.16. The normalized spacial score (nSPS) is 36.7. The summed E-state index contributed by atoms with van der Waals surface area (Å²) in [5.41, 5.74) is 0. The Morgan fingerprint density at radius 3 is 2.33 bits per heavy atom. The first-order chi connectivity index (χ1) is 4.33. The van der Waals surface area contributed by atoms with Gasteiger partial charge in [0, 0.05) is 0 Å². The number of hydrogen-bond donors (Lipinski definition) is 1. The summed E-state index contributed by atoms with van der Waals surface area (Å²) in [6, 6.07) is 0.376. The fourth-order valence-electron chi connectivity index (χ4n) is 0.766. The van der Waals surface area contributed by atoms with Crippen LogP contribution in [0.25, 0.3) is 0 Å². The van der Waals surface area contributed by atoms with E-state index in [2.05, 4.69) is 5.32 Å². The van der Waals surface area contributed by atoms with Gasteiger partial charge >= 0.3 is 0 Å². The summed E-state index contributed by atoms with van der Waals surface area (Å²) in [6.07, 6.45) is -0.0189. The number of likely N-dealkylation sites (N-methyl/N-ethyl adjacent to an activating group) is 1. The van der Waals surface area contributed by atoms with E-state index in [1.165, 1.54) is 0 Å². The van der Waals surface area contributed by atoms with Crippen molar-refractivity contribution in [3.05, 3.63) is 0 Å². The first-order valence-corrected chi connectivity index (χ1v) is 3.23. The molecule has 1 aliphatic rings. The van der Waals surface area contributed by atoms with Gasteiger partial charge in [-0.25, -0.2) is 0 Å². The summed E-state index contributed by atoms with van der Waals surface area (Å²) >= 11 is 0. The highest BCUT2D eigenvalue weighted by molar-refractivity contribution is 4.65. The molecule has 0 aromatic rings. The number of ether oxygens (including phenoxy) is 2. The van der Waals surface area contributed by atoms with Gasteiger partial charge in [-0.1, -0.05) is 0 Å². The van der Waals surface area contributed by atoms with E-state index in [4.69, 9.17) is 9.47 Å². The van der Waals surface area contributed by atoms with Crippen LogP contribution in [0.1, 0.15) is 6.92 Å². The van der Waals surface area contributed by atoms with Crippen molar-refractivity contribution in [2.45, 2.75) is 19.3 Å². The summed E-state index contributed by atoms with van der Waals surface area (Å²) in [6.45, 7) is 3.43. The molecular formula is C6H13NO2. The van der Waals surface area contributed by atoms with Gasteiger partial charge in [0.25, 0.3) is 0 Å². The number of nitrogens with one attached hydrogen (secondary N) is 1. The quantitative estimate of drug-likeness (QED) is 0.542. The van der Waals surface area contributed by atoms with Gasteiger partial charge in [-0.2, -0.15) is 0 Å². The van der Waals surface area contributed by atoms with Crippen molar-refractivity contribution in [2.24, 2.45) is 0 Å². The smallest absolute Gasteiger partial charge is 0.154 e. The Kier molecular flexibility index (Phi) is 2.45. The van der Waals surface area contributed by atoms with Gasteiger partial charge in [0.1, 0.15) is 0 Å². The minimum Gasteiger partial charge on any atom is -0.351 e. The molecule has 1 heterocycles. The standard InChI is InChI=1S/C6H13NO2/c1-5-8-3-6(7-2)4-9-5/h5-7H,3-4H2,1-2H3. The van der Waals surface area contributed by atoms with E-state index in [0.717, 1.165) is 13.2 Å². The lowest BCUT2D eigenvalue weighted by Gasteiger charge is -2.26. The van der Waals surface area contributed by atoms with E-state index in [1.807, 2.05) is 14.0 Å². The van der Waals surface area contributed by atoms with Crippen molar-refractivity contribution in [1.82, 2.24) is 5.32 Å². The summed E-state index contributed by atoms with van der Waals surface area (Å²) in [4.78, 5) is 0. The monoisotopic (exact) mass is 131 g/mol. The first kappa shape index (κ1) is 6.99. The lowest BCUT2D eigenvalue weighted by Crippen LogP contribution is -2.42. The van der Waals surface area contributed by atoms with Crippen molar-refractivity contribution >= 4 is 0 Å². The maximum Gasteiger partial charge on any atom is 0.154 e. The second-order valence-electron chi connectivity index (χ2n) is 2.22. The molecule has 3 nitrogen and oxygen atoms in total. The van der Waals surface area contributed by atoms with Crippen LogP contribution >= 0.6 is 0 Å². The van der Waals surface area contributed by atoms with Crippen molar-refractivity contribution in [1.29, 1.82) is 0 Å². The van der Waals surface area contributed by atoms with Crippen LogP contribution in [0.2, 0.25) is 0 Å². The van der Waals surface area contributed by atoms with Crippen molar-refractivity contribution in [2.75, 3.05) is 20.3 Å². The second-order valence-corrected chi connectivity index (χ2v) is 2.22. The van der Waals surface area contributed by atoms with Gasteiger partial charge in [0.15, 0.2) is 6.29 Å². The molecule has 1 rings (SSSR count). The van der Waals surface area contributed by atoms with Crippen LogP contribution in [0.3, 0.4) is 0 Å². The van der Waals surface area contributed by atoms with E-state index < -0.39 is 0 Å². The molecule has 0 aliphatic carbocycles. The van der Waals surface area contributed by atoms with E-state index >= 15 is 0 Å². The van der Waals surface area contributed by atoms with Gasteiger partial charge in [-0.3, -0.25) is 0 Å². The summed E-state index contributed by atoms with van der Waals surface area (Å²) < 4.78 is 10.4. The molecule has 3 heteroatoms. The zero-order valence-electron chi connectivity index (χ0n) is 5.89. The minimum absolute atomic E-state index is 0.0189. The van der Waals surface area contributed by atoms with E-state index in [0.29, 0.717) is 6.04 Å². The number of rotatable bonds is 1. The topological polar surface area (TPSA) is 30.5 Å². The van der Waals surface area contributed by atoms with E-state index in [9.17, 15) is 0 Å². The molecule has 0 aromatic carbocycles. The molecule has 54 valence electrons. The van der Waals surface area contributed by atoms with Gasteiger partial charge in [-0.05, 0) is 14.0 Å². The zero-order valence-corrected chi connectivity index (χ0v) is 5.89. The lowest BCUT2D eigenvalue weighted by molar-refractivity contribution is -0.178. The van der Waals surface area contributed by atoms with E-state index in [-0.39, 0.29) is 6.29 Å². The van der Waals surface area contributed by atoms with Gasteiger partial charge in [-0.15, -0.1) is 0 Å². The van der Waals surface area contributed by atoms with Crippen LogP contribution in [0, 0.1) is 0 Å². The Morgan fingerprint density at radius 2 is 1.89 bits per heavy atom. The Labute approximate surface area is 55.3 Å². The van der Waals surface area contributed by atoms with Crippen LogP contribution in [-0.2, 0) is 9.47 Å². The summed E-state index contributed by atoms with van der Waals surface area (Å²) in [5.74, 6) is 0. The van der Waals surface area contributed by atoms with Crippen LogP contribution in [0.4, 0.5) is 0 Å². The van der Waals surface area contributed by atoms with Crippen LogP contribution in [0.5, 0.6) is 0 Å². The molecule has 0 radical (unpaired) electrons. The highest BCUT2D eigenvalue weighted by Crippen LogP contribution is 2.02. The lowest BCUT2D eigenvalue weighted by atomic mass is 10.3. The molecule has 1 fully saturated rings. The maximum atomic E-state index is 5.20. The second kappa shape index (κ2) is 3.15. The molecule has 0 aromatic heterocycles. The summed E-state index contributed by atoms with van der Waals surface area (Å²) in [7, 11) is 1.91. The minimum atomic E-state index is -0.0189. The van der Waals surface area contributed by atoms with E-state index in [1.54, 1.807) is 0 Å². The molecule has 9 heavy (non-hydrogen) atoms. The Morgan fingerprint density at radius 1 is 1.33 bits per heavy atom. The molecule has 1 N–H and O–H groups in total. The first-order valence-electron chi connectivity index (χ1n) is 3.23. The molecule has 0 atom stereocenters. The highest BCUT2D eigenvalue weighted by atomic mass is 16.7. The molecule has 0 unspecified atom stereocenters. The predicted octanol–water partition coefficient (Wildman–Crippen LogP) is -0.0328. The van der Waals surface area contributed by atoms with Crippen LogP contribution in [0.15, 0.2) is 0 Å². The number of hydrogen-bond acceptors (Lipinski definition) is 3. The van der Waals surface area contributed by atoms with Crippen molar-refractivity contribution in [3.8, 4) is 0 Å². The molecule has 0 saturated carbocycles. The molecule has 1 aliphatic heterocycles.